The minimum atomic E-state index is -1.60. The number of methoxy groups -OCH3 is 1. The molecule has 4 aromatic rings. The van der Waals surface area contributed by atoms with Crippen LogP contribution in [0.4, 0.5) is 0 Å². The summed E-state index contributed by atoms with van der Waals surface area (Å²) in [5, 5.41) is 4.24. The highest BCUT2D eigenvalue weighted by Crippen LogP contribution is 2.46. The van der Waals surface area contributed by atoms with Gasteiger partial charge in [0, 0.05) is 15.6 Å². The fraction of sp³-hybridized carbons (Fsp3) is 0.167. The van der Waals surface area contributed by atoms with Gasteiger partial charge < -0.3 is 4.74 Å². The van der Waals surface area contributed by atoms with E-state index < -0.39 is 11.1 Å². The van der Waals surface area contributed by atoms with E-state index in [-0.39, 0.29) is 0 Å². The van der Waals surface area contributed by atoms with Gasteiger partial charge >= 0.3 is 0 Å². The van der Waals surface area contributed by atoms with E-state index in [0.29, 0.717) is 4.90 Å². The van der Waals surface area contributed by atoms with Crippen LogP contribution in [-0.2, 0) is 15.3 Å². The summed E-state index contributed by atoms with van der Waals surface area (Å²) in [5.41, 5.74) is 3.78. The molecule has 0 aliphatic heterocycles. The number of halogens is 1. The molecule has 0 N–H and O–H groups in total. The van der Waals surface area contributed by atoms with Crippen molar-refractivity contribution in [1.82, 2.24) is 0 Å². The van der Waals surface area contributed by atoms with Gasteiger partial charge in [-0.2, -0.15) is 0 Å². The molecule has 148 valence electrons. The third-order valence-electron chi connectivity index (χ3n) is 5.20. The molecule has 0 bridgehead atoms. The summed E-state index contributed by atoms with van der Waals surface area (Å²) in [5.74, 6) is 0.782. The molecule has 3 nitrogen and oxygen atoms in total. The Morgan fingerprint density at radius 3 is 2.24 bits per heavy atom. The molecule has 0 spiro atoms. The van der Waals surface area contributed by atoms with E-state index in [9.17, 15) is 4.21 Å². The maximum absolute atomic E-state index is 13.0. The van der Waals surface area contributed by atoms with Gasteiger partial charge in [0.1, 0.15) is 5.75 Å². The number of aryl methyl sites for hydroxylation is 2. The largest absolute Gasteiger partial charge is 0.496 e. The highest BCUT2D eigenvalue weighted by atomic mass is 79.9. The lowest BCUT2D eigenvalue weighted by molar-refractivity contribution is 0.414. The van der Waals surface area contributed by atoms with Crippen molar-refractivity contribution in [1.29, 1.82) is 0 Å². The Morgan fingerprint density at radius 2 is 1.52 bits per heavy atom. The van der Waals surface area contributed by atoms with Crippen LogP contribution in [0.5, 0.6) is 5.75 Å². The van der Waals surface area contributed by atoms with Crippen LogP contribution in [-0.4, -0.2) is 18.4 Å². The maximum Gasteiger partial charge on any atom is 0.189 e. The highest BCUT2D eigenvalue weighted by Gasteiger charge is 2.24. The lowest BCUT2D eigenvalue weighted by Crippen LogP contribution is -2.03. The molecule has 0 saturated carbocycles. The smallest absolute Gasteiger partial charge is 0.189 e. The lowest BCUT2D eigenvalue weighted by atomic mass is 9.90. The SMILES string of the molecule is COc1c(C)cc2cc(Br)ccc2c1-c1c(S(=O)OC)c(C)cc2ccccc12. The van der Waals surface area contributed by atoms with E-state index >= 15 is 0 Å². The molecule has 0 fully saturated rings. The molecule has 0 aromatic heterocycles. The van der Waals surface area contributed by atoms with Crippen LogP contribution in [0.25, 0.3) is 32.7 Å². The van der Waals surface area contributed by atoms with E-state index in [4.69, 9.17) is 8.92 Å². The summed E-state index contributed by atoms with van der Waals surface area (Å²) >= 11 is 1.97. The van der Waals surface area contributed by atoms with E-state index in [2.05, 4.69) is 52.3 Å². The van der Waals surface area contributed by atoms with Crippen molar-refractivity contribution in [2.24, 2.45) is 0 Å². The highest BCUT2D eigenvalue weighted by molar-refractivity contribution is 9.10. The summed E-state index contributed by atoms with van der Waals surface area (Å²) < 4.78 is 25.2. The normalized spacial score (nSPS) is 12.4. The van der Waals surface area contributed by atoms with Gasteiger partial charge in [-0.3, -0.25) is 4.18 Å². The zero-order valence-corrected chi connectivity index (χ0v) is 19.1. The predicted molar refractivity (Wildman–Crippen MR) is 124 cm³/mol. The quantitative estimate of drug-likeness (QED) is 0.333. The molecular formula is C24H21BrO3S. The molecule has 5 heteroatoms. The van der Waals surface area contributed by atoms with Crippen molar-refractivity contribution >= 4 is 48.6 Å². The first-order valence-electron chi connectivity index (χ1n) is 9.22. The minimum Gasteiger partial charge on any atom is -0.496 e. The first-order chi connectivity index (χ1) is 14.0. The summed E-state index contributed by atoms with van der Waals surface area (Å²) in [6.45, 7) is 4.01. The Bertz CT molecular complexity index is 1280. The topological polar surface area (TPSA) is 35.5 Å². The van der Waals surface area contributed by atoms with Gasteiger partial charge in [0.25, 0.3) is 0 Å². The zero-order chi connectivity index (χ0) is 20.7. The molecule has 4 aromatic carbocycles. The van der Waals surface area contributed by atoms with Crippen molar-refractivity contribution in [2.75, 3.05) is 14.2 Å². The third-order valence-corrected chi connectivity index (χ3v) is 6.86. The molecule has 0 aliphatic carbocycles. The molecule has 0 amide bonds. The standard InChI is InChI=1S/C24H21BrO3S/c1-14-11-17-13-18(25)9-10-20(17)21(23(14)27-3)22-19-8-6-5-7-16(19)12-15(2)24(22)29(26)28-4/h5-13H,1-4H3. The summed E-state index contributed by atoms with van der Waals surface area (Å²) in [7, 11) is 3.15. The minimum absolute atomic E-state index is 0.680. The molecule has 1 atom stereocenters. The Balaban J connectivity index is 2.29. The molecule has 0 radical (unpaired) electrons. The average Bonchev–Trinajstić information content (AvgIpc) is 2.71. The van der Waals surface area contributed by atoms with Gasteiger partial charge in [0.05, 0.1) is 19.1 Å². The molecule has 1 unspecified atom stereocenters. The van der Waals surface area contributed by atoms with Gasteiger partial charge in [-0.15, -0.1) is 0 Å². The van der Waals surface area contributed by atoms with Gasteiger partial charge in [-0.25, -0.2) is 4.21 Å². The fourth-order valence-electron chi connectivity index (χ4n) is 4.03. The number of hydrogen-bond donors (Lipinski definition) is 0. The number of fused-ring (bicyclic) bond motifs is 2. The molecule has 0 saturated heterocycles. The van der Waals surface area contributed by atoms with Crippen molar-refractivity contribution in [3.63, 3.8) is 0 Å². The van der Waals surface area contributed by atoms with E-state index in [1.54, 1.807) is 7.11 Å². The molecule has 0 heterocycles. The van der Waals surface area contributed by atoms with Crippen molar-refractivity contribution in [2.45, 2.75) is 18.7 Å². The Hall–Kier alpha value is -2.21. The average molecular weight is 469 g/mol. The van der Waals surface area contributed by atoms with Crippen LogP contribution >= 0.6 is 15.9 Å². The second-order valence-electron chi connectivity index (χ2n) is 6.99. The summed E-state index contributed by atoms with van der Waals surface area (Å²) in [6, 6.07) is 18.5. The van der Waals surface area contributed by atoms with Crippen LogP contribution in [0.15, 0.2) is 64.0 Å². The maximum atomic E-state index is 13.0. The Morgan fingerprint density at radius 1 is 0.828 bits per heavy atom. The number of hydrogen-bond acceptors (Lipinski definition) is 3. The molecular weight excluding hydrogens is 448 g/mol. The molecule has 4 rings (SSSR count). The number of rotatable bonds is 4. The van der Waals surface area contributed by atoms with E-state index in [1.807, 2.05) is 32.0 Å². The first-order valence-corrected chi connectivity index (χ1v) is 11.1. The van der Waals surface area contributed by atoms with Crippen molar-refractivity contribution in [3.8, 4) is 16.9 Å². The van der Waals surface area contributed by atoms with Crippen LogP contribution in [0, 0.1) is 13.8 Å². The van der Waals surface area contributed by atoms with Gasteiger partial charge in [0.2, 0.25) is 0 Å². The second-order valence-corrected chi connectivity index (χ2v) is 9.11. The molecule has 29 heavy (non-hydrogen) atoms. The number of ether oxygens (including phenoxy) is 1. The zero-order valence-electron chi connectivity index (χ0n) is 16.7. The van der Waals surface area contributed by atoms with Crippen LogP contribution < -0.4 is 4.74 Å². The Labute approximate surface area is 181 Å². The van der Waals surface area contributed by atoms with Gasteiger partial charge in [-0.05, 0) is 64.7 Å². The Kier molecular flexibility index (Phi) is 5.47. The third kappa shape index (κ3) is 3.37. The lowest BCUT2D eigenvalue weighted by Gasteiger charge is -2.21. The van der Waals surface area contributed by atoms with Crippen LogP contribution in [0.2, 0.25) is 0 Å². The summed E-state index contributed by atoms with van der Waals surface area (Å²) in [4.78, 5) is 0.680. The van der Waals surface area contributed by atoms with Crippen LogP contribution in [0.1, 0.15) is 11.1 Å². The van der Waals surface area contributed by atoms with Crippen LogP contribution in [0.3, 0.4) is 0 Å². The first kappa shape index (κ1) is 20.1. The predicted octanol–water partition coefficient (Wildman–Crippen LogP) is 6.72. The van der Waals surface area contributed by atoms with Crippen molar-refractivity contribution < 1.29 is 13.1 Å². The molecule has 0 aliphatic rings. The van der Waals surface area contributed by atoms with Gasteiger partial charge in [0.15, 0.2) is 11.1 Å². The van der Waals surface area contributed by atoms with E-state index in [1.165, 1.54) is 7.11 Å². The summed E-state index contributed by atoms with van der Waals surface area (Å²) in [6.07, 6.45) is 0. The van der Waals surface area contributed by atoms with Gasteiger partial charge in [-0.1, -0.05) is 52.3 Å². The monoisotopic (exact) mass is 468 g/mol. The second kappa shape index (κ2) is 7.90. The number of benzene rings is 4. The van der Waals surface area contributed by atoms with E-state index in [0.717, 1.165) is 54.0 Å². The van der Waals surface area contributed by atoms with Crippen molar-refractivity contribution in [3.05, 3.63) is 70.2 Å². The fourth-order valence-corrected chi connectivity index (χ4v) is 5.27.